The van der Waals surface area contributed by atoms with Crippen molar-refractivity contribution < 1.29 is 9.84 Å². The lowest BCUT2D eigenvalue weighted by Gasteiger charge is -2.37. The van der Waals surface area contributed by atoms with Crippen LogP contribution in [0.4, 0.5) is 0 Å². The summed E-state index contributed by atoms with van der Waals surface area (Å²) in [5.41, 5.74) is 0.255. The fraction of sp³-hybridized carbons (Fsp3) is 0.455. The topological polar surface area (TPSA) is 29.5 Å². The first-order chi connectivity index (χ1) is 6.65. The molecule has 14 heavy (non-hydrogen) atoms. The van der Waals surface area contributed by atoms with Crippen LogP contribution >= 0.6 is 11.6 Å². The minimum Gasteiger partial charge on any atom is -0.495 e. The predicted molar refractivity (Wildman–Crippen MR) is 55.8 cm³/mol. The summed E-state index contributed by atoms with van der Waals surface area (Å²) < 4.78 is 5.05. The van der Waals surface area contributed by atoms with Gasteiger partial charge in [0.2, 0.25) is 0 Å². The normalized spacial score (nSPS) is 18.8. The molecule has 0 radical (unpaired) electrons. The highest BCUT2D eigenvalue weighted by molar-refractivity contribution is 6.32. The zero-order valence-electron chi connectivity index (χ0n) is 8.09. The van der Waals surface area contributed by atoms with Crippen LogP contribution in [0.3, 0.4) is 0 Å². The van der Waals surface area contributed by atoms with Crippen molar-refractivity contribution in [2.45, 2.75) is 24.9 Å². The second kappa shape index (κ2) is 3.44. The molecule has 2 nitrogen and oxygen atoms in total. The van der Waals surface area contributed by atoms with Gasteiger partial charge in [-0.1, -0.05) is 17.7 Å². The Hall–Kier alpha value is -0.730. The summed E-state index contributed by atoms with van der Waals surface area (Å²) in [6.07, 6.45) is 2.74. The third-order valence-corrected chi connectivity index (χ3v) is 3.17. The number of methoxy groups -OCH3 is 1. The van der Waals surface area contributed by atoms with Crippen molar-refractivity contribution >= 4 is 11.6 Å². The average Bonchev–Trinajstić information content (AvgIpc) is 2.14. The van der Waals surface area contributed by atoms with Gasteiger partial charge in [0.25, 0.3) is 0 Å². The van der Waals surface area contributed by atoms with Gasteiger partial charge in [0.1, 0.15) is 5.75 Å². The molecule has 0 saturated heterocycles. The molecule has 1 aliphatic carbocycles. The first-order valence-corrected chi connectivity index (χ1v) is 5.10. The van der Waals surface area contributed by atoms with E-state index >= 15 is 0 Å². The van der Waals surface area contributed by atoms with Crippen molar-refractivity contribution in [2.75, 3.05) is 7.11 Å². The van der Waals surface area contributed by atoms with Crippen LogP contribution in [0, 0.1) is 0 Å². The van der Waals surface area contributed by atoms with E-state index in [-0.39, 0.29) is 0 Å². The maximum atomic E-state index is 10.1. The van der Waals surface area contributed by atoms with Crippen molar-refractivity contribution in [3.63, 3.8) is 0 Å². The quantitative estimate of drug-likeness (QED) is 0.817. The summed E-state index contributed by atoms with van der Waals surface area (Å²) in [5, 5.41) is 10.6. The van der Waals surface area contributed by atoms with Crippen LogP contribution in [0.5, 0.6) is 5.75 Å². The number of ether oxygens (including phenoxy) is 1. The van der Waals surface area contributed by atoms with Crippen LogP contribution in [0.2, 0.25) is 5.02 Å². The van der Waals surface area contributed by atoms with Crippen molar-refractivity contribution in [1.82, 2.24) is 0 Å². The molecule has 76 valence electrons. The summed E-state index contributed by atoms with van der Waals surface area (Å²) in [5.74, 6) is 0.651. The standard InChI is InChI=1S/C11H13ClO2/c1-14-10-4-3-8(7-9(10)12)11(13)5-2-6-11/h3-4,7,13H,2,5-6H2,1H3. The van der Waals surface area contributed by atoms with E-state index < -0.39 is 5.60 Å². The predicted octanol–water partition coefficient (Wildman–Crippen LogP) is 2.72. The molecule has 1 N–H and O–H groups in total. The lowest BCUT2D eigenvalue weighted by atomic mass is 9.75. The van der Waals surface area contributed by atoms with Crippen molar-refractivity contribution in [1.29, 1.82) is 0 Å². The van der Waals surface area contributed by atoms with Gasteiger partial charge in [-0.25, -0.2) is 0 Å². The molecule has 0 bridgehead atoms. The van der Waals surface area contributed by atoms with Gasteiger partial charge in [-0.05, 0) is 37.0 Å². The summed E-state index contributed by atoms with van der Waals surface area (Å²) in [4.78, 5) is 0. The highest BCUT2D eigenvalue weighted by Crippen LogP contribution is 2.42. The van der Waals surface area contributed by atoms with Gasteiger partial charge in [-0.15, -0.1) is 0 Å². The number of hydrogen-bond donors (Lipinski definition) is 1. The van der Waals surface area contributed by atoms with Gasteiger partial charge >= 0.3 is 0 Å². The Labute approximate surface area is 88.5 Å². The van der Waals surface area contributed by atoms with E-state index in [9.17, 15) is 5.11 Å². The molecule has 3 heteroatoms. The Kier molecular flexibility index (Phi) is 2.41. The fourth-order valence-electron chi connectivity index (χ4n) is 1.76. The lowest BCUT2D eigenvalue weighted by molar-refractivity contribution is -0.0388. The van der Waals surface area contributed by atoms with Crippen LogP contribution in [-0.4, -0.2) is 12.2 Å². The van der Waals surface area contributed by atoms with Crippen LogP contribution in [0.1, 0.15) is 24.8 Å². The zero-order chi connectivity index (χ0) is 10.2. The van der Waals surface area contributed by atoms with Gasteiger partial charge < -0.3 is 9.84 Å². The molecule has 0 amide bonds. The highest BCUT2D eigenvalue weighted by Gasteiger charge is 2.36. The number of halogens is 1. The number of aliphatic hydroxyl groups is 1. The zero-order valence-corrected chi connectivity index (χ0v) is 8.84. The molecule has 1 aliphatic rings. The molecule has 0 heterocycles. The monoisotopic (exact) mass is 212 g/mol. The van der Waals surface area contributed by atoms with Gasteiger partial charge in [-0.3, -0.25) is 0 Å². The second-order valence-electron chi connectivity index (χ2n) is 3.73. The molecule has 0 aromatic heterocycles. The minimum absolute atomic E-state index is 0.560. The van der Waals surface area contributed by atoms with Gasteiger partial charge in [-0.2, -0.15) is 0 Å². The Balaban J connectivity index is 2.32. The first-order valence-electron chi connectivity index (χ1n) is 4.72. The van der Waals surface area contributed by atoms with Crippen molar-refractivity contribution in [3.05, 3.63) is 28.8 Å². The first kappa shape index (κ1) is 9.81. The van der Waals surface area contributed by atoms with Crippen LogP contribution in [0.25, 0.3) is 0 Å². The van der Waals surface area contributed by atoms with E-state index in [2.05, 4.69) is 0 Å². The Bertz CT molecular complexity index is 345. The molecule has 0 aliphatic heterocycles. The van der Waals surface area contributed by atoms with Crippen LogP contribution in [-0.2, 0) is 5.60 Å². The number of rotatable bonds is 2. The summed E-state index contributed by atoms with van der Waals surface area (Å²) in [6, 6.07) is 5.47. The molecule has 1 fully saturated rings. The SMILES string of the molecule is COc1ccc(C2(O)CCC2)cc1Cl. The molecule has 1 aromatic rings. The Morgan fingerprint density at radius 2 is 2.14 bits per heavy atom. The van der Waals surface area contributed by atoms with E-state index in [1.807, 2.05) is 6.07 Å². The second-order valence-corrected chi connectivity index (χ2v) is 4.14. The number of benzene rings is 1. The smallest absolute Gasteiger partial charge is 0.137 e. The average molecular weight is 213 g/mol. The van der Waals surface area contributed by atoms with E-state index in [1.54, 1.807) is 19.2 Å². The molecule has 0 atom stereocenters. The summed E-state index contributed by atoms with van der Waals surface area (Å²) in [7, 11) is 1.58. The molecule has 0 spiro atoms. The van der Waals surface area contributed by atoms with Crippen molar-refractivity contribution in [3.8, 4) is 5.75 Å². The van der Waals surface area contributed by atoms with E-state index in [4.69, 9.17) is 16.3 Å². The van der Waals surface area contributed by atoms with E-state index in [0.717, 1.165) is 24.8 Å². The molecular weight excluding hydrogens is 200 g/mol. The molecule has 2 rings (SSSR count). The van der Waals surface area contributed by atoms with Crippen LogP contribution in [0.15, 0.2) is 18.2 Å². The van der Waals surface area contributed by atoms with Gasteiger partial charge in [0, 0.05) is 0 Å². The largest absolute Gasteiger partial charge is 0.495 e. The molecule has 0 unspecified atom stereocenters. The van der Waals surface area contributed by atoms with E-state index in [0.29, 0.717) is 10.8 Å². The minimum atomic E-state index is -0.643. The third-order valence-electron chi connectivity index (χ3n) is 2.87. The van der Waals surface area contributed by atoms with Crippen LogP contribution < -0.4 is 4.74 Å². The fourth-order valence-corrected chi connectivity index (χ4v) is 2.01. The molecule has 1 aromatic carbocycles. The van der Waals surface area contributed by atoms with E-state index in [1.165, 1.54) is 0 Å². The summed E-state index contributed by atoms with van der Waals surface area (Å²) in [6.45, 7) is 0. The van der Waals surface area contributed by atoms with Crippen molar-refractivity contribution in [2.24, 2.45) is 0 Å². The Morgan fingerprint density at radius 1 is 1.43 bits per heavy atom. The maximum Gasteiger partial charge on any atom is 0.137 e. The Morgan fingerprint density at radius 3 is 2.57 bits per heavy atom. The molecular formula is C11H13ClO2. The highest BCUT2D eigenvalue weighted by atomic mass is 35.5. The van der Waals surface area contributed by atoms with Gasteiger partial charge in [0.15, 0.2) is 0 Å². The number of hydrogen-bond acceptors (Lipinski definition) is 2. The summed E-state index contributed by atoms with van der Waals surface area (Å²) >= 11 is 5.98. The molecule has 1 saturated carbocycles. The lowest BCUT2D eigenvalue weighted by Crippen LogP contribution is -2.33. The van der Waals surface area contributed by atoms with Gasteiger partial charge in [0.05, 0.1) is 17.7 Å². The maximum absolute atomic E-state index is 10.1. The third kappa shape index (κ3) is 1.49.